The van der Waals surface area contributed by atoms with Crippen LogP contribution in [0.25, 0.3) is 0 Å². The number of anilines is 1. The molecule has 2 N–H and O–H groups in total. The molecule has 0 bridgehead atoms. The number of urea groups is 1. The summed E-state index contributed by atoms with van der Waals surface area (Å²) >= 11 is 3.42. The molecule has 0 aliphatic rings. The van der Waals surface area contributed by atoms with Crippen molar-refractivity contribution < 1.29 is 32.6 Å². The molecule has 172 valence electrons. The second-order valence-electron chi connectivity index (χ2n) is 7.08. The van der Waals surface area contributed by atoms with Gasteiger partial charge in [-0.1, -0.05) is 28.1 Å². The van der Waals surface area contributed by atoms with E-state index in [1.807, 2.05) is 0 Å². The van der Waals surface area contributed by atoms with Crippen LogP contribution in [0.4, 0.5) is 23.7 Å². The minimum Gasteiger partial charge on any atom is -0.504 e. The topological polar surface area (TPSA) is 78.9 Å². The Morgan fingerprint density at radius 2 is 1.91 bits per heavy atom. The van der Waals surface area contributed by atoms with E-state index in [0.717, 1.165) is 11.8 Å². The van der Waals surface area contributed by atoms with Gasteiger partial charge >= 0.3 is 12.2 Å². The molecule has 0 aromatic heterocycles. The van der Waals surface area contributed by atoms with Crippen molar-refractivity contribution in [2.24, 2.45) is 0 Å². The van der Waals surface area contributed by atoms with Crippen LogP contribution in [0.5, 0.6) is 11.5 Å². The number of amides is 2. The fraction of sp³-hybridized carbons (Fsp3) is 0.273. The summed E-state index contributed by atoms with van der Waals surface area (Å²) < 4.78 is 45.7. The maximum Gasteiger partial charge on any atom is 0.414 e. The molecule has 0 radical (unpaired) electrons. The Hall–Kier alpha value is -3.01. The first-order valence-corrected chi connectivity index (χ1v) is 10.2. The van der Waals surface area contributed by atoms with Crippen molar-refractivity contribution in [3.63, 3.8) is 0 Å². The molecular weight excluding hydrogens is 493 g/mol. The van der Waals surface area contributed by atoms with Gasteiger partial charge in [0, 0.05) is 22.8 Å². The van der Waals surface area contributed by atoms with Crippen LogP contribution in [-0.4, -0.2) is 41.6 Å². The summed E-state index contributed by atoms with van der Waals surface area (Å²) in [6, 6.07) is 9.03. The molecule has 6 nitrogen and oxygen atoms in total. The fourth-order valence-electron chi connectivity index (χ4n) is 2.70. The van der Waals surface area contributed by atoms with Gasteiger partial charge in [-0.15, -0.1) is 0 Å². The van der Waals surface area contributed by atoms with Crippen LogP contribution >= 0.6 is 15.9 Å². The van der Waals surface area contributed by atoms with Gasteiger partial charge in [-0.05, 0) is 49.8 Å². The molecule has 2 rings (SSSR count). The Labute approximate surface area is 191 Å². The number of nitrogens with zero attached hydrogens (tertiary/aromatic N) is 1. The van der Waals surface area contributed by atoms with Gasteiger partial charge in [-0.25, -0.2) is 4.79 Å². The summed E-state index contributed by atoms with van der Waals surface area (Å²) in [7, 11) is 1.20. The number of halogens is 4. The van der Waals surface area contributed by atoms with E-state index in [-0.39, 0.29) is 18.1 Å². The van der Waals surface area contributed by atoms with Crippen molar-refractivity contribution in [3.05, 3.63) is 63.6 Å². The summed E-state index contributed by atoms with van der Waals surface area (Å²) in [6.45, 7) is 2.02. The molecule has 2 aromatic rings. The van der Waals surface area contributed by atoms with Crippen molar-refractivity contribution in [3.8, 4) is 11.5 Å². The van der Waals surface area contributed by atoms with Gasteiger partial charge in [0.25, 0.3) is 0 Å². The average molecular weight is 515 g/mol. The van der Waals surface area contributed by atoms with Crippen molar-refractivity contribution in [2.75, 3.05) is 18.9 Å². The lowest BCUT2D eigenvalue weighted by atomic mass is 10.1. The molecule has 0 fully saturated rings. The highest BCUT2D eigenvalue weighted by molar-refractivity contribution is 9.10. The average Bonchev–Trinajstić information content (AvgIpc) is 2.68. The van der Waals surface area contributed by atoms with E-state index >= 15 is 0 Å². The summed E-state index contributed by atoms with van der Waals surface area (Å²) in [5, 5.41) is 12.4. The van der Waals surface area contributed by atoms with Crippen molar-refractivity contribution >= 4 is 33.4 Å². The van der Waals surface area contributed by atoms with Crippen molar-refractivity contribution in [1.82, 2.24) is 4.90 Å². The molecule has 0 heterocycles. The van der Waals surface area contributed by atoms with E-state index in [1.54, 1.807) is 37.3 Å². The normalized spacial score (nSPS) is 11.8. The second kappa shape index (κ2) is 10.5. The van der Waals surface area contributed by atoms with Gasteiger partial charge in [0.15, 0.2) is 17.3 Å². The number of aromatic hydroxyl groups is 1. The number of allylic oxidation sites excluding steroid dienone is 1. The second-order valence-corrected chi connectivity index (χ2v) is 7.93. The molecule has 32 heavy (non-hydrogen) atoms. The Kier molecular flexibility index (Phi) is 8.31. The monoisotopic (exact) mass is 514 g/mol. The van der Waals surface area contributed by atoms with E-state index < -0.39 is 30.1 Å². The molecule has 0 aliphatic carbocycles. The molecule has 0 aliphatic heterocycles. The standard InChI is InChI=1S/C22H22BrF3N2O4/c1-13-8-17(23)15(12-32-20-7-5-4-6-19(20)30)10-18(13)27-21(31)28(3)11-16(9-14(2)29)22(24,25)26/h4-10,30H,11-12H2,1-3H3,(H,27,31)/b16-9+. The lowest BCUT2D eigenvalue weighted by Gasteiger charge is -2.22. The number of ether oxygens (including phenoxy) is 1. The van der Waals surface area contributed by atoms with Gasteiger partial charge in [0.05, 0.1) is 12.1 Å². The number of likely N-dealkylation sites (N-methyl/N-ethyl adjacent to an activating group) is 1. The first-order chi connectivity index (χ1) is 14.9. The highest BCUT2D eigenvalue weighted by atomic mass is 79.9. The van der Waals surface area contributed by atoms with E-state index in [2.05, 4.69) is 21.2 Å². The van der Waals surface area contributed by atoms with Gasteiger partial charge in [0.1, 0.15) is 6.61 Å². The Morgan fingerprint density at radius 3 is 2.50 bits per heavy atom. The van der Waals surface area contributed by atoms with Crippen LogP contribution in [0, 0.1) is 6.92 Å². The van der Waals surface area contributed by atoms with Crippen molar-refractivity contribution in [2.45, 2.75) is 26.6 Å². The zero-order valence-corrected chi connectivity index (χ0v) is 19.2. The highest BCUT2D eigenvalue weighted by Gasteiger charge is 2.35. The van der Waals surface area contributed by atoms with Crippen LogP contribution in [0.15, 0.2) is 52.5 Å². The summed E-state index contributed by atoms with van der Waals surface area (Å²) in [5.41, 5.74) is 0.571. The summed E-state index contributed by atoms with van der Waals surface area (Å²) in [5.74, 6) is -0.504. The molecule has 0 saturated carbocycles. The minimum absolute atomic E-state index is 0.0232. The van der Waals surface area contributed by atoms with Crippen LogP contribution in [-0.2, 0) is 11.4 Å². The third kappa shape index (κ3) is 7.01. The molecule has 0 saturated heterocycles. The highest BCUT2D eigenvalue weighted by Crippen LogP contribution is 2.30. The fourth-order valence-corrected chi connectivity index (χ4v) is 3.27. The van der Waals surface area contributed by atoms with E-state index in [1.165, 1.54) is 13.1 Å². The lowest BCUT2D eigenvalue weighted by Crippen LogP contribution is -2.36. The molecule has 0 spiro atoms. The van der Waals surface area contributed by atoms with Crippen molar-refractivity contribution in [1.29, 1.82) is 0 Å². The van der Waals surface area contributed by atoms with Crippen LogP contribution in [0.1, 0.15) is 18.1 Å². The molecule has 2 amide bonds. The SMILES string of the molecule is CC(=O)/C=C(\CN(C)C(=O)Nc1cc(COc2ccccc2O)c(Br)cc1C)C(F)(F)F. The molecular formula is C22H22BrF3N2O4. The van der Waals surface area contributed by atoms with Gasteiger partial charge in [-0.2, -0.15) is 13.2 Å². The Balaban J connectivity index is 2.15. The first kappa shape index (κ1) is 25.3. The molecule has 10 heteroatoms. The number of benzene rings is 2. The quantitative estimate of drug-likeness (QED) is 0.472. The lowest BCUT2D eigenvalue weighted by molar-refractivity contribution is -0.114. The number of aryl methyl sites for hydroxylation is 1. The zero-order valence-electron chi connectivity index (χ0n) is 17.6. The van der Waals surface area contributed by atoms with E-state index in [9.17, 15) is 27.9 Å². The summed E-state index contributed by atoms with van der Waals surface area (Å²) in [4.78, 5) is 24.4. The number of alkyl halides is 3. The number of phenols is 1. The zero-order chi connectivity index (χ0) is 24.1. The first-order valence-electron chi connectivity index (χ1n) is 9.38. The minimum atomic E-state index is -4.73. The van der Waals surface area contributed by atoms with Gasteiger partial charge in [-0.3, -0.25) is 4.79 Å². The Morgan fingerprint density at radius 1 is 1.25 bits per heavy atom. The van der Waals surface area contributed by atoms with E-state index in [4.69, 9.17) is 4.74 Å². The Bertz CT molecular complexity index is 1040. The van der Waals surface area contributed by atoms with Crippen LogP contribution < -0.4 is 10.1 Å². The predicted molar refractivity (Wildman–Crippen MR) is 118 cm³/mol. The molecule has 0 atom stereocenters. The third-order valence-electron chi connectivity index (χ3n) is 4.38. The summed E-state index contributed by atoms with van der Waals surface area (Å²) in [6.07, 6.45) is -4.26. The van der Waals surface area contributed by atoms with E-state index in [0.29, 0.717) is 27.4 Å². The largest absolute Gasteiger partial charge is 0.504 e. The number of hydrogen-bond acceptors (Lipinski definition) is 4. The smallest absolute Gasteiger partial charge is 0.414 e. The maximum atomic E-state index is 13.1. The predicted octanol–water partition coefficient (Wildman–Crippen LogP) is 5.58. The number of rotatable bonds is 7. The number of nitrogens with one attached hydrogen (secondary N) is 1. The maximum absolute atomic E-state index is 13.1. The number of phenolic OH excluding ortho intramolecular Hbond substituents is 1. The van der Waals surface area contributed by atoms with Gasteiger partial charge < -0.3 is 20.1 Å². The number of carbonyl (C=O) groups is 2. The number of ketones is 1. The van der Waals surface area contributed by atoms with Crippen LogP contribution in [0.3, 0.4) is 0 Å². The number of hydrogen-bond donors (Lipinski definition) is 2. The third-order valence-corrected chi connectivity index (χ3v) is 5.12. The number of para-hydroxylation sites is 2. The number of carbonyl (C=O) groups excluding carboxylic acids is 2. The molecule has 2 aromatic carbocycles. The van der Waals surface area contributed by atoms with Crippen LogP contribution in [0.2, 0.25) is 0 Å². The van der Waals surface area contributed by atoms with Gasteiger partial charge in [0.2, 0.25) is 0 Å². The molecule has 0 unspecified atom stereocenters.